The van der Waals surface area contributed by atoms with Gasteiger partial charge in [-0.05, 0) is 51.3 Å². The van der Waals surface area contributed by atoms with Crippen LogP contribution in [0.2, 0.25) is 0 Å². The molecule has 26 heavy (non-hydrogen) atoms. The Balaban J connectivity index is 1.53. The molecule has 4 heterocycles. The number of pyridine rings is 1. The quantitative estimate of drug-likeness (QED) is 0.839. The predicted molar refractivity (Wildman–Crippen MR) is 96.1 cm³/mol. The van der Waals surface area contributed by atoms with Crippen LogP contribution in [0.3, 0.4) is 0 Å². The molecule has 2 saturated heterocycles. The van der Waals surface area contributed by atoms with E-state index in [1.165, 1.54) is 0 Å². The van der Waals surface area contributed by atoms with Gasteiger partial charge in [0, 0.05) is 43.5 Å². The number of carbonyl (C=O) groups is 1. The van der Waals surface area contributed by atoms with Gasteiger partial charge in [-0.3, -0.25) is 14.7 Å². The van der Waals surface area contributed by atoms with Crippen LogP contribution < -0.4 is 0 Å². The summed E-state index contributed by atoms with van der Waals surface area (Å²) in [6.07, 6.45) is 7.89. The first-order chi connectivity index (χ1) is 12.6. The van der Waals surface area contributed by atoms with Gasteiger partial charge in [0.1, 0.15) is 0 Å². The van der Waals surface area contributed by atoms with Gasteiger partial charge < -0.3 is 9.42 Å². The summed E-state index contributed by atoms with van der Waals surface area (Å²) in [5.74, 6) is 1.38. The second-order valence-corrected chi connectivity index (χ2v) is 7.24. The van der Waals surface area contributed by atoms with E-state index in [2.05, 4.69) is 26.9 Å². The van der Waals surface area contributed by atoms with E-state index < -0.39 is 0 Å². The van der Waals surface area contributed by atoms with Crippen molar-refractivity contribution < 1.29 is 9.32 Å². The van der Waals surface area contributed by atoms with E-state index in [1.54, 1.807) is 19.3 Å². The van der Waals surface area contributed by atoms with Crippen LogP contribution in [0, 0.1) is 0 Å². The third-order valence-electron chi connectivity index (χ3n) is 5.71. The highest BCUT2D eigenvalue weighted by atomic mass is 16.5. The molecule has 1 amide bonds. The molecule has 2 aromatic heterocycles. The van der Waals surface area contributed by atoms with Crippen molar-refractivity contribution in [1.82, 2.24) is 24.9 Å². The second-order valence-electron chi connectivity index (χ2n) is 7.24. The molecule has 2 fully saturated rings. The summed E-state index contributed by atoms with van der Waals surface area (Å²) in [6.45, 7) is 5.67. The molecule has 0 bridgehead atoms. The van der Waals surface area contributed by atoms with E-state index in [-0.39, 0.29) is 11.9 Å². The topological polar surface area (TPSA) is 75.4 Å². The SMILES string of the molecule is CC(=O)N1CCC[C@@H]1[C@@H]1CCCN1[C@H](C)c1nc(-c2cccnc2)no1. The first-order valence-corrected chi connectivity index (χ1v) is 9.42. The van der Waals surface area contributed by atoms with E-state index in [0.29, 0.717) is 23.8 Å². The lowest BCUT2D eigenvalue weighted by atomic mass is 10.0. The minimum Gasteiger partial charge on any atom is -0.338 e. The number of likely N-dealkylation sites (tertiary alicyclic amines) is 2. The fourth-order valence-electron chi connectivity index (χ4n) is 4.45. The van der Waals surface area contributed by atoms with Crippen molar-refractivity contribution in [1.29, 1.82) is 0 Å². The first kappa shape index (κ1) is 17.1. The Morgan fingerprint density at radius 1 is 1.27 bits per heavy atom. The molecule has 2 aliphatic heterocycles. The number of nitrogens with zero attached hydrogens (tertiary/aromatic N) is 5. The van der Waals surface area contributed by atoms with Crippen LogP contribution in [-0.2, 0) is 4.79 Å². The number of hydrogen-bond acceptors (Lipinski definition) is 6. The lowest BCUT2D eigenvalue weighted by Gasteiger charge is -2.36. The second kappa shape index (κ2) is 7.15. The number of amides is 1. The molecule has 0 radical (unpaired) electrons. The smallest absolute Gasteiger partial charge is 0.244 e. The van der Waals surface area contributed by atoms with Gasteiger partial charge in [-0.1, -0.05) is 5.16 Å². The first-order valence-electron chi connectivity index (χ1n) is 9.42. The zero-order chi connectivity index (χ0) is 18.1. The van der Waals surface area contributed by atoms with Crippen LogP contribution in [0.25, 0.3) is 11.4 Å². The van der Waals surface area contributed by atoms with E-state index in [0.717, 1.165) is 44.3 Å². The Bertz CT molecular complexity index is 762. The van der Waals surface area contributed by atoms with E-state index in [4.69, 9.17) is 4.52 Å². The molecule has 0 aromatic carbocycles. The maximum absolute atomic E-state index is 12.0. The standard InChI is InChI=1S/C19H25N5O2/c1-13(19-21-18(22-26-19)15-6-3-9-20-12-15)23-10-4-7-16(23)17-8-5-11-24(17)14(2)25/h3,6,9,12-13,16-17H,4-5,7-8,10-11H2,1-2H3/t13-,16+,17-/m1/s1. The van der Waals surface area contributed by atoms with Crippen LogP contribution in [0.4, 0.5) is 0 Å². The highest BCUT2D eigenvalue weighted by Gasteiger charge is 2.41. The van der Waals surface area contributed by atoms with Crippen molar-refractivity contribution in [3.05, 3.63) is 30.4 Å². The van der Waals surface area contributed by atoms with Gasteiger partial charge in [0.15, 0.2) is 0 Å². The van der Waals surface area contributed by atoms with Gasteiger partial charge in [0.2, 0.25) is 17.6 Å². The Kier molecular flexibility index (Phi) is 4.72. The number of aromatic nitrogens is 3. The van der Waals surface area contributed by atoms with E-state index in [1.807, 2.05) is 17.0 Å². The monoisotopic (exact) mass is 355 g/mol. The van der Waals surface area contributed by atoms with Crippen molar-refractivity contribution >= 4 is 5.91 Å². The summed E-state index contributed by atoms with van der Waals surface area (Å²) in [7, 11) is 0. The molecule has 0 spiro atoms. The number of rotatable bonds is 4. The maximum Gasteiger partial charge on any atom is 0.244 e. The molecule has 0 unspecified atom stereocenters. The lowest BCUT2D eigenvalue weighted by molar-refractivity contribution is -0.130. The zero-order valence-electron chi connectivity index (χ0n) is 15.3. The molecule has 0 aliphatic carbocycles. The van der Waals surface area contributed by atoms with Crippen molar-refractivity contribution in [2.24, 2.45) is 0 Å². The Morgan fingerprint density at radius 2 is 2.08 bits per heavy atom. The fraction of sp³-hybridized carbons (Fsp3) is 0.579. The largest absolute Gasteiger partial charge is 0.338 e. The van der Waals surface area contributed by atoms with Gasteiger partial charge in [-0.15, -0.1) is 0 Å². The average molecular weight is 355 g/mol. The molecule has 4 rings (SSSR count). The van der Waals surface area contributed by atoms with Crippen molar-refractivity contribution in [2.45, 2.75) is 57.7 Å². The summed E-state index contributed by atoms with van der Waals surface area (Å²) in [4.78, 5) is 25.2. The summed E-state index contributed by atoms with van der Waals surface area (Å²) in [5, 5.41) is 4.13. The molecule has 0 N–H and O–H groups in total. The average Bonchev–Trinajstić information content (AvgIpc) is 3.40. The normalized spacial score (nSPS) is 24.9. The van der Waals surface area contributed by atoms with Gasteiger partial charge in [0.25, 0.3) is 0 Å². The Hall–Kier alpha value is -2.28. The minimum absolute atomic E-state index is 0.0369. The molecule has 3 atom stereocenters. The number of carbonyl (C=O) groups excluding carboxylic acids is 1. The number of hydrogen-bond donors (Lipinski definition) is 0. The van der Waals surface area contributed by atoms with Crippen LogP contribution in [-0.4, -0.2) is 56.0 Å². The molecular formula is C19H25N5O2. The Morgan fingerprint density at radius 3 is 2.85 bits per heavy atom. The summed E-state index contributed by atoms with van der Waals surface area (Å²) in [5.41, 5.74) is 0.853. The minimum atomic E-state index is 0.0369. The Labute approximate surface area is 153 Å². The van der Waals surface area contributed by atoms with Crippen LogP contribution in [0.1, 0.15) is 51.5 Å². The van der Waals surface area contributed by atoms with Crippen LogP contribution in [0.15, 0.2) is 29.0 Å². The van der Waals surface area contributed by atoms with Gasteiger partial charge in [0.05, 0.1) is 6.04 Å². The van der Waals surface area contributed by atoms with Gasteiger partial charge in [-0.2, -0.15) is 4.98 Å². The fourth-order valence-corrected chi connectivity index (χ4v) is 4.45. The molecule has 2 aromatic rings. The van der Waals surface area contributed by atoms with E-state index in [9.17, 15) is 4.79 Å². The van der Waals surface area contributed by atoms with Crippen molar-refractivity contribution in [2.75, 3.05) is 13.1 Å². The summed E-state index contributed by atoms with van der Waals surface area (Å²) >= 11 is 0. The summed E-state index contributed by atoms with van der Waals surface area (Å²) < 4.78 is 5.57. The highest BCUT2D eigenvalue weighted by molar-refractivity contribution is 5.74. The maximum atomic E-state index is 12.0. The lowest BCUT2D eigenvalue weighted by Crippen LogP contribution is -2.48. The van der Waals surface area contributed by atoms with Crippen molar-refractivity contribution in [3.63, 3.8) is 0 Å². The molecule has 7 heteroatoms. The molecule has 0 saturated carbocycles. The highest BCUT2D eigenvalue weighted by Crippen LogP contribution is 2.35. The van der Waals surface area contributed by atoms with E-state index >= 15 is 0 Å². The summed E-state index contributed by atoms with van der Waals surface area (Å²) in [6, 6.07) is 4.49. The van der Waals surface area contributed by atoms with Crippen LogP contribution in [0.5, 0.6) is 0 Å². The molecule has 2 aliphatic rings. The predicted octanol–water partition coefficient (Wildman–Crippen LogP) is 2.67. The van der Waals surface area contributed by atoms with Gasteiger partial charge in [-0.25, -0.2) is 0 Å². The third-order valence-corrected chi connectivity index (χ3v) is 5.71. The third kappa shape index (κ3) is 3.11. The van der Waals surface area contributed by atoms with Crippen LogP contribution >= 0.6 is 0 Å². The van der Waals surface area contributed by atoms with Crippen molar-refractivity contribution in [3.8, 4) is 11.4 Å². The zero-order valence-corrected chi connectivity index (χ0v) is 15.3. The molecule has 138 valence electrons. The molecular weight excluding hydrogens is 330 g/mol. The van der Waals surface area contributed by atoms with Gasteiger partial charge >= 0.3 is 0 Å². The molecule has 7 nitrogen and oxygen atoms in total.